The third-order valence-corrected chi connectivity index (χ3v) is 3.27. The second kappa shape index (κ2) is 4.53. The van der Waals surface area contributed by atoms with Crippen LogP contribution in [0.5, 0.6) is 5.75 Å². The lowest BCUT2D eigenvalue weighted by Crippen LogP contribution is -2.37. The zero-order valence-corrected chi connectivity index (χ0v) is 9.04. The first-order valence-corrected chi connectivity index (χ1v) is 5.94. The Labute approximate surface area is 92.3 Å². The molecule has 0 unspecified atom stereocenters. The smallest absolute Gasteiger partial charge is 0.257 e. The summed E-state index contributed by atoms with van der Waals surface area (Å²) in [5, 5.41) is 9.50. The van der Waals surface area contributed by atoms with Gasteiger partial charge in [0.05, 0.1) is 11.8 Å². The molecule has 0 bridgehead atoms. The van der Waals surface area contributed by atoms with E-state index in [1.807, 2.05) is 11.8 Å². The lowest BCUT2D eigenvalue weighted by molar-refractivity contribution is 0.0769. The Hall–Kier alpha value is -1.23. The van der Waals surface area contributed by atoms with Gasteiger partial charge in [0.25, 0.3) is 5.91 Å². The summed E-state index contributed by atoms with van der Waals surface area (Å²) in [5.41, 5.74) is 0.344. The summed E-state index contributed by atoms with van der Waals surface area (Å²) in [5.74, 6) is 1.80. The largest absolute Gasteiger partial charge is 0.505 e. The van der Waals surface area contributed by atoms with Gasteiger partial charge in [0, 0.05) is 30.8 Å². The van der Waals surface area contributed by atoms with Crippen LogP contribution < -0.4 is 0 Å². The maximum atomic E-state index is 11.9. The Morgan fingerprint density at radius 1 is 1.47 bits per heavy atom. The molecule has 2 heterocycles. The topological polar surface area (TPSA) is 53.4 Å². The van der Waals surface area contributed by atoms with Gasteiger partial charge >= 0.3 is 0 Å². The molecule has 2 rings (SSSR count). The second-order valence-electron chi connectivity index (χ2n) is 3.30. The van der Waals surface area contributed by atoms with E-state index >= 15 is 0 Å². The fourth-order valence-electron chi connectivity index (χ4n) is 1.50. The van der Waals surface area contributed by atoms with E-state index in [2.05, 4.69) is 4.98 Å². The van der Waals surface area contributed by atoms with Gasteiger partial charge in [-0.05, 0) is 6.07 Å². The number of rotatable bonds is 1. The van der Waals surface area contributed by atoms with E-state index in [0.29, 0.717) is 5.56 Å². The molecule has 1 N–H and O–H groups in total. The molecule has 0 atom stereocenters. The molecule has 1 aliphatic rings. The van der Waals surface area contributed by atoms with Gasteiger partial charge in [-0.2, -0.15) is 11.8 Å². The highest BCUT2D eigenvalue weighted by molar-refractivity contribution is 7.99. The molecule has 0 aromatic carbocycles. The fourth-order valence-corrected chi connectivity index (χ4v) is 2.41. The lowest BCUT2D eigenvalue weighted by Gasteiger charge is -2.26. The molecule has 1 aliphatic heterocycles. The van der Waals surface area contributed by atoms with Crippen molar-refractivity contribution >= 4 is 17.7 Å². The van der Waals surface area contributed by atoms with Gasteiger partial charge in [0.2, 0.25) is 0 Å². The van der Waals surface area contributed by atoms with Crippen LogP contribution in [0.3, 0.4) is 0 Å². The van der Waals surface area contributed by atoms with Crippen molar-refractivity contribution in [2.75, 3.05) is 24.6 Å². The van der Waals surface area contributed by atoms with Crippen LogP contribution >= 0.6 is 11.8 Å². The molecule has 0 aliphatic carbocycles. The maximum absolute atomic E-state index is 11.9. The summed E-state index contributed by atoms with van der Waals surface area (Å²) in [6.07, 6.45) is 2.82. The molecular weight excluding hydrogens is 212 g/mol. The zero-order valence-electron chi connectivity index (χ0n) is 8.22. The first-order valence-electron chi connectivity index (χ1n) is 4.79. The zero-order chi connectivity index (χ0) is 10.7. The highest BCUT2D eigenvalue weighted by Gasteiger charge is 2.20. The van der Waals surface area contributed by atoms with Crippen LogP contribution in [0.25, 0.3) is 0 Å². The summed E-state index contributed by atoms with van der Waals surface area (Å²) in [6, 6.07) is 1.55. The number of pyridine rings is 1. The van der Waals surface area contributed by atoms with Crippen molar-refractivity contribution in [3.05, 3.63) is 24.0 Å². The monoisotopic (exact) mass is 224 g/mol. The number of amides is 1. The van der Waals surface area contributed by atoms with E-state index in [4.69, 9.17) is 0 Å². The van der Waals surface area contributed by atoms with Gasteiger partial charge < -0.3 is 10.0 Å². The van der Waals surface area contributed by atoms with Crippen LogP contribution in [0.1, 0.15) is 10.4 Å². The first kappa shape index (κ1) is 10.3. The molecule has 1 aromatic rings. The minimum absolute atomic E-state index is 0.0410. The number of carbonyl (C=O) groups is 1. The summed E-state index contributed by atoms with van der Waals surface area (Å²) in [7, 11) is 0. The van der Waals surface area contributed by atoms with Crippen molar-refractivity contribution in [3.8, 4) is 5.75 Å². The molecule has 1 saturated heterocycles. The van der Waals surface area contributed by atoms with Crippen LogP contribution in [-0.2, 0) is 0 Å². The third kappa shape index (κ3) is 2.23. The van der Waals surface area contributed by atoms with E-state index in [-0.39, 0.29) is 11.7 Å². The van der Waals surface area contributed by atoms with Gasteiger partial charge in [-0.1, -0.05) is 0 Å². The maximum Gasteiger partial charge on any atom is 0.257 e. The Kier molecular flexibility index (Phi) is 3.11. The molecule has 0 spiro atoms. The van der Waals surface area contributed by atoms with Gasteiger partial charge in [0.15, 0.2) is 0 Å². The van der Waals surface area contributed by atoms with Crippen molar-refractivity contribution in [2.45, 2.75) is 0 Å². The molecular formula is C10H12N2O2S. The number of thioether (sulfide) groups is 1. The number of aromatic hydroxyl groups is 1. The summed E-state index contributed by atoms with van der Waals surface area (Å²) >= 11 is 1.85. The third-order valence-electron chi connectivity index (χ3n) is 2.33. The van der Waals surface area contributed by atoms with Gasteiger partial charge in [0.1, 0.15) is 5.75 Å². The van der Waals surface area contributed by atoms with E-state index in [1.54, 1.807) is 11.0 Å². The quantitative estimate of drug-likeness (QED) is 0.772. The van der Waals surface area contributed by atoms with Crippen LogP contribution in [0, 0.1) is 0 Å². The predicted octanol–water partition coefficient (Wildman–Crippen LogP) is 0.976. The van der Waals surface area contributed by atoms with Crippen LogP contribution in [0.4, 0.5) is 0 Å². The van der Waals surface area contributed by atoms with E-state index in [0.717, 1.165) is 24.6 Å². The van der Waals surface area contributed by atoms with Crippen molar-refractivity contribution in [3.63, 3.8) is 0 Å². The summed E-state index contributed by atoms with van der Waals surface area (Å²) in [6.45, 7) is 1.51. The Balaban J connectivity index is 2.16. The molecule has 5 heteroatoms. The van der Waals surface area contributed by atoms with Gasteiger partial charge in [-0.15, -0.1) is 0 Å². The van der Waals surface area contributed by atoms with Crippen molar-refractivity contribution < 1.29 is 9.90 Å². The lowest BCUT2D eigenvalue weighted by atomic mass is 10.2. The van der Waals surface area contributed by atoms with Gasteiger partial charge in [-0.25, -0.2) is 0 Å². The normalized spacial score (nSPS) is 16.4. The number of nitrogens with zero attached hydrogens (tertiary/aromatic N) is 2. The predicted molar refractivity (Wildman–Crippen MR) is 59.1 cm³/mol. The molecule has 0 radical (unpaired) electrons. The van der Waals surface area contributed by atoms with E-state index in [1.165, 1.54) is 12.4 Å². The SMILES string of the molecule is O=C(c1ccncc1O)N1CCSCC1. The minimum atomic E-state index is -0.102. The average Bonchev–Trinajstić information content (AvgIpc) is 2.30. The van der Waals surface area contributed by atoms with Crippen molar-refractivity contribution in [1.82, 2.24) is 9.88 Å². The molecule has 1 amide bonds. The van der Waals surface area contributed by atoms with Gasteiger partial charge in [-0.3, -0.25) is 9.78 Å². The van der Waals surface area contributed by atoms with Crippen molar-refractivity contribution in [1.29, 1.82) is 0 Å². The summed E-state index contributed by atoms with van der Waals surface area (Å²) in [4.78, 5) is 17.5. The Morgan fingerprint density at radius 2 is 2.20 bits per heavy atom. The molecule has 15 heavy (non-hydrogen) atoms. The summed E-state index contributed by atoms with van der Waals surface area (Å²) < 4.78 is 0. The standard InChI is InChI=1S/C10H12N2O2S/c13-9-7-11-2-1-8(9)10(14)12-3-5-15-6-4-12/h1-2,7,13H,3-6H2. The number of hydrogen-bond donors (Lipinski definition) is 1. The molecule has 80 valence electrons. The van der Waals surface area contributed by atoms with E-state index in [9.17, 15) is 9.90 Å². The first-order chi connectivity index (χ1) is 7.29. The minimum Gasteiger partial charge on any atom is -0.505 e. The van der Waals surface area contributed by atoms with E-state index < -0.39 is 0 Å². The Morgan fingerprint density at radius 3 is 2.87 bits per heavy atom. The molecule has 0 saturated carbocycles. The highest BCUT2D eigenvalue weighted by Crippen LogP contribution is 2.18. The van der Waals surface area contributed by atoms with Crippen LogP contribution in [0.15, 0.2) is 18.5 Å². The van der Waals surface area contributed by atoms with Crippen molar-refractivity contribution in [2.24, 2.45) is 0 Å². The van der Waals surface area contributed by atoms with Crippen LogP contribution in [0.2, 0.25) is 0 Å². The molecule has 1 aromatic heterocycles. The average molecular weight is 224 g/mol. The number of carbonyl (C=O) groups excluding carboxylic acids is 1. The number of hydrogen-bond acceptors (Lipinski definition) is 4. The second-order valence-corrected chi connectivity index (χ2v) is 4.52. The fraction of sp³-hybridized carbons (Fsp3) is 0.400. The highest BCUT2D eigenvalue weighted by atomic mass is 32.2. The van der Waals surface area contributed by atoms with Crippen LogP contribution in [-0.4, -0.2) is 45.5 Å². The Bertz CT molecular complexity index is 364. The number of aromatic nitrogens is 1. The molecule has 1 fully saturated rings. The molecule has 4 nitrogen and oxygen atoms in total.